The Bertz CT molecular complexity index is 1080. The van der Waals surface area contributed by atoms with Gasteiger partial charge in [0, 0.05) is 29.8 Å². The van der Waals surface area contributed by atoms with Gasteiger partial charge < -0.3 is 14.8 Å². The summed E-state index contributed by atoms with van der Waals surface area (Å²) in [7, 11) is 1.57. The lowest BCUT2D eigenvalue weighted by Gasteiger charge is -2.12. The van der Waals surface area contributed by atoms with E-state index in [0.29, 0.717) is 30.0 Å². The summed E-state index contributed by atoms with van der Waals surface area (Å²) in [6, 6.07) is 15.5. The molecule has 31 heavy (non-hydrogen) atoms. The molecule has 0 saturated heterocycles. The molecular formula is C25H25FN2O3. The molecule has 4 rings (SSSR count). The number of benzene rings is 2. The van der Waals surface area contributed by atoms with Crippen molar-refractivity contribution in [1.82, 2.24) is 10.3 Å². The summed E-state index contributed by atoms with van der Waals surface area (Å²) in [6.45, 7) is 2.44. The lowest BCUT2D eigenvalue weighted by Crippen LogP contribution is -2.26. The van der Waals surface area contributed by atoms with E-state index in [1.807, 2.05) is 19.1 Å². The molecular weight excluding hydrogens is 395 g/mol. The number of pyridine rings is 1. The number of aromatic nitrogens is 1. The van der Waals surface area contributed by atoms with E-state index in [-0.39, 0.29) is 17.8 Å². The first-order chi connectivity index (χ1) is 15.0. The van der Waals surface area contributed by atoms with Crippen LogP contribution in [0.25, 0.3) is 11.3 Å². The van der Waals surface area contributed by atoms with Gasteiger partial charge in [-0.25, -0.2) is 4.39 Å². The predicted molar refractivity (Wildman–Crippen MR) is 117 cm³/mol. The number of carbonyl (C=O) groups excluding carboxylic acids is 1. The maximum absolute atomic E-state index is 13.2. The van der Waals surface area contributed by atoms with Crippen LogP contribution in [0, 0.1) is 12.7 Å². The topological polar surface area (TPSA) is 60.5 Å². The summed E-state index contributed by atoms with van der Waals surface area (Å²) in [5.41, 5.74) is 4.09. The number of ether oxygens (including phenoxy) is 2. The monoisotopic (exact) mass is 420 g/mol. The molecule has 0 unspecified atom stereocenters. The summed E-state index contributed by atoms with van der Waals surface area (Å²) >= 11 is 0. The molecule has 6 heteroatoms. The molecule has 0 atom stereocenters. The third kappa shape index (κ3) is 5.40. The first-order valence-electron chi connectivity index (χ1n) is 10.4. The van der Waals surface area contributed by atoms with Crippen molar-refractivity contribution in [2.24, 2.45) is 0 Å². The summed E-state index contributed by atoms with van der Waals surface area (Å²) in [5.74, 6) is 0.772. The van der Waals surface area contributed by atoms with Gasteiger partial charge in [-0.1, -0.05) is 0 Å². The highest BCUT2D eigenvalue weighted by atomic mass is 19.1. The summed E-state index contributed by atoms with van der Waals surface area (Å²) in [4.78, 5) is 17.2. The number of amides is 1. The van der Waals surface area contributed by atoms with Crippen LogP contribution >= 0.6 is 0 Å². The molecule has 160 valence electrons. The zero-order chi connectivity index (χ0) is 21.8. The van der Waals surface area contributed by atoms with E-state index in [1.54, 1.807) is 37.4 Å². The maximum atomic E-state index is 13.2. The maximum Gasteiger partial charge on any atom is 0.251 e. The van der Waals surface area contributed by atoms with Gasteiger partial charge in [-0.05, 0) is 79.9 Å². The number of nitrogens with one attached hydrogen (secondary N) is 1. The number of rotatable bonds is 8. The summed E-state index contributed by atoms with van der Waals surface area (Å²) in [5, 5.41) is 2.93. The minimum atomic E-state index is -0.275. The van der Waals surface area contributed by atoms with Crippen LogP contribution in [0.5, 0.6) is 11.5 Å². The molecule has 5 nitrogen and oxygen atoms in total. The van der Waals surface area contributed by atoms with Crippen LogP contribution in [-0.4, -0.2) is 30.6 Å². The van der Waals surface area contributed by atoms with E-state index in [2.05, 4.69) is 10.3 Å². The highest BCUT2D eigenvalue weighted by molar-refractivity contribution is 5.94. The standard InChI is InChI=1S/C25H25FN2O3/c1-16-13-20(28-22(14-16)17-3-6-19(26)7-4-17)11-12-27-25(29)18-5-10-23(24(15-18)30-2)31-21-8-9-21/h3-7,10,13-15,21H,8-9,11-12H2,1-2H3,(H,27,29). The first kappa shape index (κ1) is 20.8. The molecule has 1 aliphatic carbocycles. The normalized spacial score (nSPS) is 13.0. The van der Waals surface area contributed by atoms with Crippen LogP contribution in [0.1, 0.15) is 34.5 Å². The molecule has 0 radical (unpaired) electrons. The summed E-state index contributed by atoms with van der Waals surface area (Å²) < 4.78 is 24.4. The van der Waals surface area contributed by atoms with Gasteiger partial charge in [-0.2, -0.15) is 0 Å². The first-order valence-corrected chi connectivity index (χ1v) is 10.4. The zero-order valence-corrected chi connectivity index (χ0v) is 17.7. The van der Waals surface area contributed by atoms with E-state index in [1.165, 1.54) is 12.1 Å². The van der Waals surface area contributed by atoms with Gasteiger partial charge >= 0.3 is 0 Å². The Morgan fingerprint density at radius 3 is 2.58 bits per heavy atom. The molecule has 1 saturated carbocycles. The Kier molecular flexibility index (Phi) is 6.16. The van der Waals surface area contributed by atoms with Crippen molar-refractivity contribution in [3.8, 4) is 22.8 Å². The Morgan fingerprint density at radius 1 is 1.10 bits per heavy atom. The van der Waals surface area contributed by atoms with Crippen LogP contribution in [0.15, 0.2) is 54.6 Å². The molecule has 1 amide bonds. The molecule has 1 heterocycles. The summed E-state index contributed by atoms with van der Waals surface area (Å²) in [6.07, 6.45) is 2.96. The molecule has 2 aromatic carbocycles. The van der Waals surface area contributed by atoms with Crippen LogP contribution in [0.4, 0.5) is 4.39 Å². The quantitative estimate of drug-likeness (QED) is 0.573. The number of hydrogen-bond acceptors (Lipinski definition) is 4. The van der Waals surface area contributed by atoms with Gasteiger partial charge in [-0.3, -0.25) is 9.78 Å². The second-order valence-electron chi connectivity index (χ2n) is 7.72. The second-order valence-corrected chi connectivity index (χ2v) is 7.72. The average molecular weight is 420 g/mol. The van der Waals surface area contributed by atoms with E-state index >= 15 is 0 Å². The lowest BCUT2D eigenvalue weighted by molar-refractivity contribution is 0.0953. The van der Waals surface area contributed by atoms with Crippen molar-refractivity contribution in [3.63, 3.8) is 0 Å². The minimum Gasteiger partial charge on any atom is -0.493 e. The van der Waals surface area contributed by atoms with Crippen molar-refractivity contribution in [3.05, 3.63) is 77.2 Å². The molecule has 1 N–H and O–H groups in total. The third-order valence-corrected chi connectivity index (χ3v) is 5.07. The number of hydrogen-bond donors (Lipinski definition) is 1. The largest absolute Gasteiger partial charge is 0.493 e. The van der Waals surface area contributed by atoms with Crippen LogP contribution < -0.4 is 14.8 Å². The van der Waals surface area contributed by atoms with Crippen LogP contribution in [0.2, 0.25) is 0 Å². The number of aryl methyl sites for hydroxylation is 1. The van der Waals surface area contributed by atoms with Gasteiger partial charge in [0.05, 0.1) is 18.9 Å². The van der Waals surface area contributed by atoms with Crippen molar-refractivity contribution < 1.29 is 18.7 Å². The smallest absolute Gasteiger partial charge is 0.251 e. The molecule has 3 aromatic rings. The molecule has 1 fully saturated rings. The van der Waals surface area contributed by atoms with E-state index in [9.17, 15) is 9.18 Å². The van der Waals surface area contributed by atoms with Crippen LogP contribution in [0.3, 0.4) is 0 Å². The molecule has 0 spiro atoms. The van der Waals surface area contributed by atoms with E-state index < -0.39 is 0 Å². The van der Waals surface area contributed by atoms with Gasteiger partial charge in [0.1, 0.15) is 5.82 Å². The molecule has 1 aliphatic rings. The zero-order valence-electron chi connectivity index (χ0n) is 17.7. The van der Waals surface area contributed by atoms with Crippen molar-refractivity contribution in [2.45, 2.75) is 32.3 Å². The average Bonchev–Trinajstić information content (AvgIpc) is 3.58. The minimum absolute atomic E-state index is 0.178. The lowest BCUT2D eigenvalue weighted by atomic mass is 10.1. The van der Waals surface area contributed by atoms with Gasteiger partial charge in [0.2, 0.25) is 0 Å². The Balaban J connectivity index is 1.38. The van der Waals surface area contributed by atoms with Gasteiger partial charge in [0.15, 0.2) is 11.5 Å². The molecule has 0 aliphatic heterocycles. The fourth-order valence-electron chi connectivity index (χ4n) is 3.31. The second kappa shape index (κ2) is 9.16. The highest BCUT2D eigenvalue weighted by Gasteiger charge is 2.25. The van der Waals surface area contributed by atoms with Crippen molar-refractivity contribution in [2.75, 3.05) is 13.7 Å². The Hall–Kier alpha value is -3.41. The molecule has 1 aromatic heterocycles. The Labute approximate surface area is 181 Å². The fourth-order valence-corrected chi connectivity index (χ4v) is 3.31. The highest BCUT2D eigenvalue weighted by Crippen LogP contribution is 2.34. The molecule has 0 bridgehead atoms. The SMILES string of the molecule is COc1cc(C(=O)NCCc2cc(C)cc(-c3ccc(F)cc3)n2)ccc1OC1CC1. The van der Waals surface area contributed by atoms with Crippen molar-refractivity contribution in [1.29, 1.82) is 0 Å². The number of nitrogens with zero attached hydrogens (tertiary/aromatic N) is 1. The van der Waals surface area contributed by atoms with Crippen molar-refractivity contribution >= 4 is 5.91 Å². The third-order valence-electron chi connectivity index (χ3n) is 5.07. The number of methoxy groups -OCH3 is 1. The predicted octanol–water partition coefficient (Wildman–Crippen LogP) is 4.72. The van der Waals surface area contributed by atoms with E-state index in [0.717, 1.165) is 35.4 Å². The van der Waals surface area contributed by atoms with Crippen LogP contribution in [-0.2, 0) is 6.42 Å². The Morgan fingerprint density at radius 2 is 1.87 bits per heavy atom. The van der Waals surface area contributed by atoms with E-state index in [4.69, 9.17) is 9.47 Å². The van der Waals surface area contributed by atoms with Gasteiger partial charge in [-0.15, -0.1) is 0 Å². The fraction of sp³-hybridized carbons (Fsp3) is 0.280. The number of halogens is 1. The number of carbonyl (C=O) groups is 1. The van der Waals surface area contributed by atoms with Gasteiger partial charge in [0.25, 0.3) is 5.91 Å².